The van der Waals surface area contributed by atoms with Crippen molar-refractivity contribution < 1.29 is 9.53 Å². The van der Waals surface area contributed by atoms with Crippen LogP contribution in [0.4, 0.5) is 5.69 Å². The Morgan fingerprint density at radius 3 is 3.00 bits per heavy atom. The summed E-state index contributed by atoms with van der Waals surface area (Å²) < 4.78 is 5.13. The van der Waals surface area contributed by atoms with E-state index >= 15 is 0 Å². The third-order valence-corrected chi connectivity index (χ3v) is 3.46. The Kier molecular flexibility index (Phi) is 4.27. The van der Waals surface area contributed by atoms with Crippen molar-refractivity contribution >= 4 is 11.6 Å². The smallest absolute Gasteiger partial charge is 0.251 e. The second-order valence-corrected chi connectivity index (χ2v) is 5.03. The summed E-state index contributed by atoms with van der Waals surface area (Å²) in [6, 6.07) is 5.31. The molecule has 1 amide bonds. The zero-order chi connectivity index (χ0) is 13.8. The highest BCUT2D eigenvalue weighted by atomic mass is 16.5. The Hall–Kier alpha value is -1.75. The summed E-state index contributed by atoms with van der Waals surface area (Å²) in [4.78, 5) is 14.4. The Labute approximate surface area is 113 Å². The highest BCUT2D eigenvalue weighted by Crippen LogP contribution is 2.22. The molecule has 0 saturated carbocycles. The summed E-state index contributed by atoms with van der Waals surface area (Å²) >= 11 is 0. The molecule has 0 radical (unpaired) electrons. The maximum Gasteiger partial charge on any atom is 0.251 e. The van der Waals surface area contributed by atoms with E-state index in [-0.39, 0.29) is 11.9 Å². The van der Waals surface area contributed by atoms with E-state index in [4.69, 9.17) is 10.5 Å². The van der Waals surface area contributed by atoms with E-state index < -0.39 is 0 Å². The molecule has 1 fully saturated rings. The number of methoxy groups -OCH3 is 1. The van der Waals surface area contributed by atoms with Crippen LogP contribution in [-0.4, -0.2) is 44.1 Å². The summed E-state index contributed by atoms with van der Waals surface area (Å²) in [7, 11) is 3.62. The van der Waals surface area contributed by atoms with Gasteiger partial charge in [0.1, 0.15) is 5.75 Å². The van der Waals surface area contributed by atoms with Gasteiger partial charge in [0.2, 0.25) is 0 Å². The van der Waals surface area contributed by atoms with E-state index in [1.54, 1.807) is 25.3 Å². The van der Waals surface area contributed by atoms with Crippen LogP contribution in [0.25, 0.3) is 0 Å². The quantitative estimate of drug-likeness (QED) is 0.801. The first kappa shape index (κ1) is 13.7. The number of anilines is 1. The van der Waals surface area contributed by atoms with Crippen molar-refractivity contribution in [1.82, 2.24) is 10.2 Å². The number of nitrogens with two attached hydrogens (primary N) is 1. The number of benzene rings is 1. The number of piperidine rings is 1. The molecule has 3 N–H and O–H groups in total. The fourth-order valence-electron chi connectivity index (χ4n) is 2.41. The molecule has 0 aromatic heterocycles. The minimum atomic E-state index is -0.0707. The van der Waals surface area contributed by atoms with Gasteiger partial charge in [0.15, 0.2) is 0 Å². The Bertz CT molecular complexity index is 462. The van der Waals surface area contributed by atoms with Crippen molar-refractivity contribution in [2.24, 2.45) is 0 Å². The molecule has 1 saturated heterocycles. The van der Waals surface area contributed by atoms with Crippen LogP contribution >= 0.6 is 0 Å². The Morgan fingerprint density at radius 1 is 1.53 bits per heavy atom. The molecule has 0 bridgehead atoms. The number of carbonyl (C=O) groups excluding carboxylic acids is 1. The summed E-state index contributed by atoms with van der Waals surface area (Å²) in [5.41, 5.74) is 6.86. The lowest BCUT2D eigenvalue weighted by Gasteiger charge is -2.30. The van der Waals surface area contributed by atoms with Crippen LogP contribution in [0.15, 0.2) is 18.2 Å². The number of likely N-dealkylation sites (tertiary alicyclic amines) is 1. The monoisotopic (exact) mass is 263 g/mol. The molecule has 1 atom stereocenters. The molecule has 1 aliphatic rings. The fraction of sp³-hybridized carbons (Fsp3) is 0.500. The van der Waals surface area contributed by atoms with Gasteiger partial charge in [0.05, 0.1) is 12.8 Å². The first-order chi connectivity index (χ1) is 9.10. The largest absolute Gasteiger partial charge is 0.495 e. The van der Waals surface area contributed by atoms with Gasteiger partial charge in [-0.05, 0) is 44.6 Å². The SMILES string of the molecule is COc1cc(C(=O)NC2CCCN(C)C2)ccc1N. The minimum Gasteiger partial charge on any atom is -0.495 e. The molecule has 2 rings (SSSR count). The summed E-state index contributed by atoms with van der Waals surface area (Å²) in [6.45, 7) is 2.00. The predicted octanol–water partition coefficient (Wildman–Crippen LogP) is 1.10. The maximum absolute atomic E-state index is 12.2. The van der Waals surface area contributed by atoms with Gasteiger partial charge in [-0.3, -0.25) is 4.79 Å². The molecule has 0 spiro atoms. The molecular formula is C14H21N3O2. The number of carbonyl (C=O) groups is 1. The van der Waals surface area contributed by atoms with Crippen LogP contribution in [0.5, 0.6) is 5.75 Å². The number of likely N-dealkylation sites (N-methyl/N-ethyl adjacent to an activating group) is 1. The standard InChI is InChI=1S/C14H21N3O2/c1-17-7-3-4-11(9-17)16-14(18)10-5-6-12(15)13(8-10)19-2/h5-6,8,11H,3-4,7,9,15H2,1-2H3,(H,16,18). The third kappa shape index (κ3) is 3.38. The average Bonchev–Trinajstić information content (AvgIpc) is 2.39. The number of ether oxygens (including phenoxy) is 1. The summed E-state index contributed by atoms with van der Waals surface area (Å²) in [5.74, 6) is 0.465. The normalized spacial score (nSPS) is 20.0. The van der Waals surface area contributed by atoms with Crippen LogP contribution in [0.2, 0.25) is 0 Å². The lowest BCUT2D eigenvalue weighted by molar-refractivity contribution is 0.0912. The van der Waals surface area contributed by atoms with E-state index in [0.717, 1.165) is 25.9 Å². The topological polar surface area (TPSA) is 67.6 Å². The van der Waals surface area contributed by atoms with Crippen molar-refractivity contribution in [2.45, 2.75) is 18.9 Å². The Morgan fingerprint density at radius 2 is 2.32 bits per heavy atom. The highest BCUT2D eigenvalue weighted by Gasteiger charge is 2.19. The molecule has 1 heterocycles. The van der Waals surface area contributed by atoms with Gasteiger partial charge < -0.3 is 20.7 Å². The van der Waals surface area contributed by atoms with Crippen molar-refractivity contribution in [3.8, 4) is 5.75 Å². The van der Waals surface area contributed by atoms with Crippen LogP contribution in [0, 0.1) is 0 Å². The van der Waals surface area contributed by atoms with E-state index in [1.165, 1.54) is 0 Å². The molecule has 104 valence electrons. The van der Waals surface area contributed by atoms with E-state index in [0.29, 0.717) is 17.0 Å². The van der Waals surface area contributed by atoms with E-state index in [2.05, 4.69) is 17.3 Å². The molecule has 1 aromatic carbocycles. The van der Waals surface area contributed by atoms with Crippen molar-refractivity contribution in [2.75, 3.05) is 33.0 Å². The van der Waals surface area contributed by atoms with Crippen LogP contribution < -0.4 is 15.8 Å². The van der Waals surface area contributed by atoms with Crippen LogP contribution in [0.3, 0.4) is 0 Å². The average molecular weight is 263 g/mol. The Balaban J connectivity index is 2.03. The summed E-state index contributed by atoms with van der Waals surface area (Å²) in [6.07, 6.45) is 2.15. The van der Waals surface area contributed by atoms with Gasteiger partial charge >= 0.3 is 0 Å². The van der Waals surface area contributed by atoms with Gasteiger partial charge in [0.25, 0.3) is 5.91 Å². The highest BCUT2D eigenvalue weighted by molar-refractivity contribution is 5.95. The molecule has 0 aliphatic carbocycles. The minimum absolute atomic E-state index is 0.0707. The van der Waals surface area contributed by atoms with E-state index in [1.807, 2.05) is 0 Å². The number of amides is 1. The number of nitrogens with zero attached hydrogens (tertiary/aromatic N) is 1. The van der Waals surface area contributed by atoms with Gasteiger partial charge in [-0.25, -0.2) is 0 Å². The molecule has 1 aliphatic heterocycles. The molecule has 5 nitrogen and oxygen atoms in total. The molecule has 1 aromatic rings. The number of hydrogen-bond acceptors (Lipinski definition) is 4. The number of rotatable bonds is 3. The summed E-state index contributed by atoms with van der Waals surface area (Å²) in [5, 5.41) is 3.06. The van der Waals surface area contributed by atoms with Crippen molar-refractivity contribution in [3.05, 3.63) is 23.8 Å². The maximum atomic E-state index is 12.2. The van der Waals surface area contributed by atoms with Crippen LogP contribution in [0.1, 0.15) is 23.2 Å². The first-order valence-corrected chi connectivity index (χ1v) is 6.53. The van der Waals surface area contributed by atoms with Gasteiger partial charge in [-0.15, -0.1) is 0 Å². The lowest BCUT2D eigenvalue weighted by atomic mass is 10.1. The zero-order valence-corrected chi connectivity index (χ0v) is 11.5. The van der Waals surface area contributed by atoms with Gasteiger partial charge in [0, 0.05) is 18.2 Å². The van der Waals surface area contributed by atoms with Gasteiger partial charge in [-0.2, -0.15) is 0 Å². The van der Waals surface area contributed by atoms with E-state index in [9.17, 15) is 4.79 Å². The number of hydrogen-bond donors (Lipinski definition) is 2. The first-order valence-electron chi connectivity index (χ1n) is 6.53. The molecule has 5 heteroatoms. The zero-order valence-electron chi connectivity index (χ0n) is 11.5. The second kappa shape index (κ2) is 5.93. The van der Waals surface area contributed by atoms with Crippen molar-refractivity contribution in [1.29, 1.82) is 0 Å². The number of nitrogen functional groups attached to an aromatic ring is 1. The third-order valence-electron chi connectivity index (χ3n) is 3.46. The molecule has 1 unspecified atom stereocenters. The van der Waals surface area contributed by atoms with Crippen LogP contribution in [-0.2, 0) is 0 Å². The molecule has 19 heavy (non-hydrogen) atoms. The fourth-order valence-corrected chi connectivity index (χ4v) is 2.41. The second-order valence-electron chi connectivity index (χ2n) is 5.03. The van der Waals surface area contributed by atoms with Gasteiger partial charge in [-0.1, -0.05) is 0 Å². The molecular weight excluding hydrogens is 242 g/mol. The number of nitrogens with one attached hydrogen (secondary N) is 1. The predicted molar refractivity (Wildman–Crippen MR) is 75.4 cm³/mol. The van der Waals surface area contributed by atoms with Crippen molar-refractivity contribution in [3.63, 3.8) is 0 Å². The lowest BCUT2D eigenvalue weighted by Crippen LogP contribution is -2.46.